The van der Waals surface area contributed by atoms with Gasteiger partial charge in [0.2, 0.25) is 0 Å². The van der Waals surface area contributed by atoms with E-state index in [1.165, 1.54) is 0 Å². The molecule has 0 radical (unpaired) electrons. The monoisotopic (exact) mass is 222 g/mol. The van der Waals surface area contributed by atoms with E-state index in [9.17, 15) is 4.79 Å². The molecule has 0 saturated carbocycles. The fourth-order valence-corrected chi connectivity index (χ4v) is 1.58. The first-order valence-electron chi connectivity index (χ1n) is 5.23. The van der Waals surface area contributed by atoms with E-state index in [-0.39, 0.29) is 6.61 Å². The highest BCUT2D eigenvalue weighted by molar-refractivity contribution is 5.72. The first kappa shape index (κ1) is 10.9. The third-order valence-electron chi connectivity index (χ3n) is 2.36. The van der Waals surface area contributed by atoms with E-state index >= 15 is 0 Å². The normalized spacial score (nSPS) is 11.1. The van der Waals surface area contributed by atoms with Crippen LogP contribution in [0.5, 0.6) is 0 Å². The van der Waals surface area contributed by atoms with Crippen molar-refractivity contribution in [1.29, 1.82) is 0 Å². The number of nitrogens with one attached hydrogen (secondary N) is 2. The molecule has 5 heteroatoms. The van der Waals surface area contributed by atoms with E-state index in [4.69, 9.17) is 9.52 Å². The Morgan fingerprint density at radius 3 is 3.06 bits per heavy atom. The molecule has 0 aliphatic rings. The summed E-state index contributed by atoms with van der Waals surface area (Å²) in [6.07, 6.45) is 0.838. The molecule has 0 aliphatic heterocycles. The molecule has 3 N–H and O–H groups in total. The van der Waals surface area contributed by atoms with Crippen molar-refractivity contribution in [3.05, 3.63) is 34.3 Å². The Morgan fingerprint density at radius 2 is 2.25 bits per heavy atom. The second-order valence-electron chi connectivity index (χ2n) is 3.57. The standard InChI is InChI=1S/C11H14N2O3/c14-6-5-12-4-3-8-1-2-9-10(7-8)16-11(15)13-9/h1-2,7,12,14H,3-6H2,(H,13,15). The van der Waals surface area contributed by atoms with Gasteiger partial charge >= 0.3 is 5.76 Å². The number of H-pyrrole nitrogens is 1. The molecule has 0 aliphatic carbocycles. The van der Waals surface area contributed by atoms with Gasteiger partial charge in [-0.15, -0.1) is 0 Å². The Labute approximate surface area is 92.1 Å². The molecule has 0 saturated heterocycles. The minimum Gasteiger partial charge on any atom is -0.408 e. The molecule has 0 spiro atoms. The molecule has 0 unspecified atom stereocenters. The minimum atomic E-state index is -0.425. The molecular weight excluding hydrogens is 208 g/mol. The first-order chi connectivity index (χ1) is 7.79. The van der Waals surface area contributed by atoms with Crippen molar-refractivity contribution >= 4 is 11.1 Å². The molecule has 5 nitrogen and oxygen atoms in total. The van der Waals surface area contributed by atoms with Crippen LogP contribution in [0.2, 0.25) is 0 Å². The van der Waals surface area contributed by atoms with Crippen molar-refractivity contribution in [1.82, 2.24) is 10.3 Å². The maximum atomic E-state index is 10.9. The average Bonchev–Trinajstić information content (AvgIpc) is 2.64. The maximum absolute atomic E-state index is 10.9. The molecular formula is C11H14N2O3. The number of benzene rings is 1. The fraction of sp³-hybridized carbons (Fsp3) is 0.364. The number of rotatable bonds is 5. The van der Waals surface area contributed by atoms with Crippen LogP contribution in [-0.4, -0.2) is 29.8 Å². The van der Waals surface area contributed by atoms with E-state index in [2.05, 4.69) is 10.3 Å². The Kier molecular flexibility index (Phi) is 3.38. The van der Waals surface area contributed by atoms with Gasteiger partial charge in [-0.1, -0.05) is 6.07 Å². The lowest BCUT2D eigenvalue weighted by atomic mass is 10.1. The van der Waals surface area contributed by atoms with Crippen LogP contribution in [0.4, 0.5) is 0 Å². The quantitative estimate of drug-likeness (QED) is 0.633. The molecule has 16 heavy (non-hydrogen) atoms. The van der Waals surface area contributed by atoms with Gasteiger partial charge in [-0.2, -0.15) is 0 Å². The van der Waals surface area contributed by atoms with Crippen LogP contribution < -0.4 is 11.1 Å². The van der Waals surface area contributed by atoms with E-state index in [0.717, 1.165) is 24.0 Å². The summed E-state index contributed by atoms with van der Waals surface area (Å²) in [5.74, 6) is -0.425. The third-order valence-corrected chi connectivity index (χ3v) is 2.36. The zero-order valence-corrected chi connectivity index (χ0v) is 8.82. The lowest BCUT2D eigenvalue weighted by Crippen LogP contribution is -2.20. The van der Waals surface area contributed by atoms with Crippen molar-refractivity contribution in [2.75, 3.05) is 19.7 Å². The van der Waals surface area contributed by atoms with Gasteiger partial charge in [-0.25, -0.2) is 4.79 Å². The zero-order chi connectivity index (χ0) is 11.4. The molecule has 0 amide bonds. The predicted molar refractivity (Wildman–Crippen MR) is 60.5 cm³/mol. The smallest absolute Gasteiger partial charge is 0.408 e. The number of aliphatic hydroxyl groups is 1. The lowest BCUT2D eigenvalue weighted by Gasteiger charge is -2.02. The number of aromatic nitrogens is 1. The van der Waals surface area contributed by atoms with Gasteiger partial charge in [0.1, 0.15) is 0 Å². The highest BCUT2D eigenvalue weighted by atomic mass is 16.4. The van der Waals surface area contributed by atoms with Crippen LogP contribution in [0.3, 0.4) is 0 Å². The summed E-state index contributed by atoms with van der Waals surface area (Å²) in [6.45, 7) is 1.54. The van der Waals surface area contributed by atoms with E-state index in [1.807, 2.05) is 18.2 Å². The second-order valence-corrected chi connectivity index (χ2v) is 3.57. The van der Waals surface area contributed by atoms with Gasteiger partial charge in [0, 0.05) is 6.54 Å². The van der Waals surface area contributed by atoms with E-state index in [1.54, 1.807) is 0 Å². The summed E-state index contributed by atoms with van der Waals surface area (Å²) in [5, 5.41) is 11.7. The third kappa shape index (κ3) is 2.50. The van der Waals surface area contributed by atoms with E-state index < -0.39 is 5.76 Å². The summed E-state index contributed by atoms with van der Waals surface area (Å²) in [5.41, 5.74) is 2.41. The molecule has 0 atom stereocenters. The molecule has 1 aromatic heterocycles. The summed E-state index contributed by atoms with van der Waals surface area (Å²) in [4.78, 5) is 13.5. The number of hydrogen-bond acceptors (Lipinski definition) is 4. The van der Waals surface area contributed by atoms with Crippen molar-refractivity contribution in [2.24, 2.45) is 0 Å². The van der Waals surface area contributed by atoms with Gasteiger partial charge < -0.3 is 14.8 Å². The summed E-state index contributed by atoms with van der Waals surface area (Å²) in [7, 11) is 0. The van der Waals surface area contributed by atoms with Crippen LogP contribution in [0.1, 0.15) is 5.56 Å². The second kappa shape index (κ2) is 4.96. The number of oxazole rings is 1. The largest absolute Gasteiger partial charge is 0.417 e. The lowest BCUT2D eigenvalue weighted by molar-refractivity contribution is 0.293. The van der Waals surface area contributed by atoms with Gasteiger partial charge in [-0.3, -0.25) is 4.98 Å². The number of fused-ring (bicyclic) bond motifs is 1. The molecule has 2 aromatic rings. The Hall–Kier alpha value is -1.59. The first-order valence-corrected chi connectivity index (χ1v) is 5.23. The van der Waals surface area contributed by atoms with Gasteiger partial charge in [0.05, 0.1) is 12.1 Å². The van der Waals surface area contributed by atoms with Gasteiger partial charge in [0.25, 0.3) is 0 Å². The topological polar surface area (TPSA) is 78.3 Å². The van der Waals surface area contributed by atoms with Crippen molar-refractivity contribution in [3.63, 3.8) is 0 Å². The Morgan fingerprint density at radius 1 is 1.38 bits per heavy atom. The van der Waals surface area contributed by atoms with Gasteiger partial charge in [-0.05, 0) is 30.7 Å². The van der Waals surface area contributed by atoms with Crippen LogP contribution in [0.15, 0.2) is 27.4 Å². The van der Waals surface area contributed by atoms with Gasteiger partial charge in [0.15, 0.2) is 5.58 Å². The Bertz CT molecular complexity index is 515. The molecule has 86 valence electrons. The fourth-order valence-electron chi connectivity index (χ4n) is 1.58. The van der Waals surface area contributed by atoms with Crippen LogP contribution in [0, 0.1) is 0 Å². The number of aliphatic hydroxyl groups excluding tert-OH is 1. The SMILES string of the molecule is O=c1[nH]c2ccc(CCNCCO)cc2o1. The predicted octanol–water partition coefficient (Wildman–Crippen LogP) is 0.245. The van der Waals surface area contributed by atoms with Crippen LogP contribution >= 0.6 is 0 Å². The van der Waals surface area contributed by atoms with E-state index in [0.29, 0.717) is 12.1 Å². The molecule has 0 fully saturated rings. The zero-order valence-electron chi connectivity index (χ0n) is 8.82. The number of aromatic amines is 1. The minimum absolute atomic E-state index is 0.145. The number of hydrogen-bond donors (Lipinski definition) is 3. The average molecular weight is 222 g/mol. The van der Waals surface area contributed by atoms with Crippen molar-refractivity contribution in [2.45, 2.75) is 6.42 Å². The van der Waals surface area contributed by atoms with Crippen LogP contribution in [-0.2, 0) is 6.42 Å². The molecule has 0 bridgehead atoms. The highest BCUT2D eigenvalue weighted by Gasteiger charge is 2.01. The summed E-state index contributed by atoms with van der Waals surface area (Å²) >= 11 is 0. The maximum Gasteiger partial charge on any atom is 0.417 e. The summed E-state index contributed by atoms with van der Waals surface area (Å²) < 4.78 is 4.96. The van der Waals surface area contributed by atoms with Crippen LogP contribution in [0.25, 0.3) is 11.1 Å². The van der Waals surface area contributed by atoms with Crippen molar-refractivity contribution in [3.8, 4) is 0 Å². The van der Waals surface area contributed by atoms with Crippen molar-refractivity contribution < 1.29 is 9.52 Å². The molecule has 2 rings (SSSR count). The molecule has 1 heterocycles. The Balaban J connectivity index is 2.04. The highest BCUT2D eigenvalue weighted by Crippen LogP contribution is 2.12. The summed E-state index contributed by atoms with van der Waals surface area (Å²) in [6, 6.07) is 5.64. The molecule has 1 aromatic carbocycles.